The normalized spacial score (nSPS) is 15.9. The average Bonchev–Trinajstić information content (AvgIpc) is 3.11. The van der Waals surface area contributed by atoms with Gasteiger partial charge in [0.2, 0.25) is 0 Å². The number of sulfonamides is 1. The minimum atomic E-state index is -3.43. The molecule has 0 spiro atoms. The molecule has 1 aromatic rings. The lowest BCUT2D eigenvalue weighted by Crippen LogP contribution is -2.30. The van der Waals surface area contributed by atoms with Crippen LogP contribution in [0.1, 0.15) is 17.7 Å². The van der Waals surface area contributed by atoms with Gasteiger partial charge in [0.15, 0.2) is 0 Å². The number of ether oxygens (including phenoxy) is 1. The molecule has 0 saturated heterocycles. The SMILES string of the molecule is CN(CCOCC1CC1)S(=O)(=O)c1ccc(CCO)s1. The third-order valence-electron chi connectivity index (χ3n) is 3.26. The van der Waals surface area contributed by atoms with Crippen LogP contribution in [0.5, 0.6) is 0 Å². The number of thiophene rings is 1. The van der Waals surface area contributed by atoms with Crippen LogP contribution in [0.2, 0.25) is 0 Å². The Kier molecular flexibility index (Phi) is 5.57. The molecule has 20 heavy (non-hydrogen) atoms. The number of aliphatic hydroxyl groups excluding tert-OH is 1. The Morgan fingerprint density at radius 2 is 2.20 bits per heavy atom. The van der Waals surface area contributed by atoms with E-state index in [4.69, 9.17) is 9.84 Å². The molecular weight excluding hydrogens is 298 g/mol. The van der Waals surface area contributed by atoms with Crippen LogP contribution in [-0.2, 0) is 21.2 Å². The zero-order chi connectivity index (χ0) is 14.6. The van der Waals surface area contributed by atoms with Gasteiger partial charge in [0.05, 0.1) is 6.61 Å². The van der Waals surface area contributed by atoms with E-state index in [1.165, 1.54) is 28.5 Å². The van der Waals surface area contributed by atoms with E-state index in [1.54, 1.807) is 19.2 Å². The number of aliphatic hydroxyl groups is 1. The second kappa shape index (κ2) is 7.00. The molecule has 1 N–H and O–H groups in total. The predicted octanol–water partition coefficient (Wildman–Crippen LogP) is 1.33. The summed E-state index contributed by atoms with van der Waals surface area (Å²) in [5.74, 6) is 0.690. The van der Waals surface area contributed by atoms with Gasteiger partial charge in [-0.15, -0.1) is 11.3 Å². The maximum absolute atomic E-state index is 12.3. The summed E-state index contributed by atoms with van der Waals surface area (Å²) in [6.45, 7) is 1.57. The minimum absolute atomic E-state index is 0.0326. The predicted molar refractivity (Wildman–Crippen MR) is 78.5 cm³/mol. The van der Waals surface area contributed by atoms with Crippen molar-refractivity contribution in [1.82, 2.24) is 4.31 Å². The van der Waals surface area contributed by atoms with Crippen molar-refractivity contribution in [3.05, 3.63) is 17.0 Å². The van der Waals surface area contributed by atoms with Crippen LogP contribution in [0.25, 0.3) is 0 Å². The number of hydrogen-bond donors (Lipinski definition) is 1. The Bertz CT molecular complexity index is 522. The molecule has 1 aliphatic rings. The number of nitrogens with zero attached hydrogens (tertiary/aromatic N) is 1. The highest BCUT2D eigenvalue weighted by molar-refractivity contribution is 7.91. The monoisotopic (exact) mass is 319 g/mol. The molecule has 114 valence electrons. The smallest absolute Gasteiger partial charge is 0.252 e. The molecular formula is C13H21NO4S2. The lowest BCUT2D eigenvalue weighted by Gasteiger charge is -2.15. The summed E-state index contributed by atoms with van der Waals surface area (Å²) in [4.78, 5) is 0.879. The third kappa shape index (κ3) is 4.26. The van der Waals surface area contributed by atoms with E-state index in [0.29, 0.717) is 29.7 Å². The van der Waals surface area contributed by atoms with E-state index in [1.807, 2.05) is 0 Å². The van der Waals surface area contributed by atoms with Crippen LogP contribution < -0.4 is 0 Å². The highest BCUT2D eigenvalue weighted by atomic mass is 32.2. The van der Waals surface area contributed by atoms with E-state index in [-0.39, 0.29) is 6.61 Å². The fourth-order valence-electron chi connectivity index (χ4n) is 1.74. The van der Waals surface area contributed by atoms with Crippen LogP contribution in [0, 0.1) is 5.92 Å². The largest absolute Gasteiger partial charge is 0.396 e. The molecule has 7 heteroatoms. The lowest BCUT2D eigenvalue weighted by atomic mass is 10.4. The Morgan fingerprint density at radius 3 is 2.85 bits per heavy atom. The Balaban J connectivity index is 1.86. The molecule has 0 bridgehead atoms. The Labute approximate surface area is 124 Å². The third-order valence-corrected chi connectivity index (χ3v) is 6.73. The summed E-state index contributed by atoms with van der Waals surface area (Å²) < 4.78 is 31.7. The van der Waals surface area contributed by atoms with Crippen LogP contribution in [0.3, 0.4) is 0 Å². The molecule has 0 aliphatic heterocycles. The van der Waals surface area contributed by atoms with Crippen LogP contribution in [0.4, 0.5) is 0 Å². The molecule has 5 nitrogen and oxygen atoms in total. The molecule has 0 aromatic carbocycles. The first-order valence-corrected chi connectivity index (χ1v) is 9.03. The molecule has 1 aromatic heterocycles. The molecule has 1 heterocycles. The summed E-state index contributed by atoms with van der Waals surface area (Å²) in [5, 5.41) is 8.86. The van der Waals surface area contributed by atoms with E-state index in [2.05, 4.69) is 0 Å². The molecule has 0 amide bonds. The number of rotatable bonds is 9. The van der Waals surface area contributed by atoms with Gasteiger partial charge in [0.1, 0.15) is 4.21 Å². The molecule has 1 fully saturated rings. The topological polar surface area (TPSA) is 66.8 Å². The minimum Gasteiger partial charge on any atom is -0.396 e. The Morgan fingerprint density at radius 1 is 1.45 bits per heavy atom. The number of likely N-dealkylation sites (N-methyl/N-ethyl adjacent to an activating group) is 1. The van der Waals surface area contributed by atoms with Crippen molar-refractivity contribution in [3.8, 4) is 0 Å². The fraction of sp³-hybridized carbons (Fsp3) is 0.692. The zero-order valence-electron chi connectivity index (χ0n) is 11.6. The van der Waals surface area contributed by atoms with Crippen molar-refractivity contribution in [3.63, 3.8) is 0 Å². The van der Waals surface area contributed by atoms with Crippen molar-refractivity contribution in [2.45, 2.75) is 23.5 Å². The molecule has 1 saturated carbocycles. The molecule has 2 rings (SSSR count). The van der Waals surface area contributed by atoms with Gasteiger partial charge in [0, 0.05) is 38.1 Å². The molecule has 1 aliphatic carbocycles. The second-order valence-electron chi connectivity index (χ2n) is 5.04. The molecule has 0 radical (unpaired) electrons. The van der Waals surface area contributed by atoms with Gasteiger partial charge in [-0.05, 0) is 30.9 Å². The highest BCUT2D eigenvalue weighted by Crippen LogP contribution is 2.28. The molecule has 0 unspecified atom stereocenters. The summed E-state index contributed by atoms with van der Waals surface area (Å²) >= 11 is 1.22. The van der Waals surface area contributed by atoms with Crippen molar-refractivity contribution < 1.29 is 18.3 Å². The van der Waals surface area contributed by atoms with Gasteiger partial charge in [-0.1, -0.05) is 0 Å². The summed E-state index contributed by atoms with van der Waals surface area (Å²) in [7, 11) is -1.86. The summed E-state index contributed by atoms with van der Waals surface area (Å²) in [6, 6.07) is 3.36. The van der Waals surface area contributed by atoms with E-state index in [0.717, 1.165) is 11.5 Å². The van der Waals surface area contributed by atoms with E-state index in [9.17, 15) is 8.42 Å². The fourth-order valence-corrected chi connectivity index (χ4v) is 4.45. The van der Waals surface area contributed by atoms with Gasteiger partial charge >= 0.3 is 0 Å². The van der Waals surface area contributed by atoms with E-state index >= 15 is 0 Å². The first-order chi connectivity index (χ1) is 9.54. The second-order valence-corrected chi connectivity index (χ2v) is 8.48. The number of hydrogen-bond acceptors (Lipinski definition) is 5. The van der Waals surface area contributed by atoms with Gasteiger partial charge in [0.25, 0.3) is 10.0 Å². The van der Waals surface area contributed by atoms with Gasteiger partial charge < -0.3 is 9.84 Å². The van der Waals surface area contributed by atoms with Crippen LogP contribution in [-0.4, -0.2) is 51.2 Å². The van der Waals surface area contributed by atoms with Crippen molar-refractivity contribution in [1.29, 1.82) is 0 Å². The lowest BCUT2D eigenvalue weighted by molar-refractivity contribution is 0.117. The van der Waals surface area contributed by atoms with Crippen molar-refractivity contribution in [2.24, 2.45) is 5.92 Å². The van der Waals surface area contributed by atoms with Crippen molar-refractivity contribution in [2.75, 3.05) is 33.4 Å². The summed E-state index contributed by atoms with van der Waals surface area (Å²) in [5.41, 5.74) is 0. The quantitative estimate of drug-likeness (QED) is 0.697. The molecule has 0 atom stereocenters. The summed E-state index contributed by atoms with van der Waals surface area (Å²) in [6.07, 6.45) is 2.96. The zero-order valence-corrected chi connectivity index (χ0v) is 13.3. The van der Waals surface area contributed by atoms with Crippen LogP contribution >= 0.6 is 11.3 Å². The van der Waals surface area contributed by atoms with Gasteiger partial charge in [-0.3, -0.25) is 0 Å². The Hall–Kier alpha value is -0.470. The maximum atomic E-state index is 12.3. The van der Waals surface area contributed by atoms with E-state index < -0.39 is 10.0 Å². The van der Waals surface area contributed by atoms with Gasteiger partial charge in [-0.25, -0.2) is 8.42 Å². The van der Waals surface area contributed by atoms with Gasteiger partial charge in [-0.2, -0.15) is 4.31 Å². The van der Waals surface area contributed by atoms with Crippen molar-refractivity contribution >= 4 is 21.4 Å². The maximum Gasteiger partial charge on any atom is 0.252 e. The first kappa shape index (κ1) is 15.9. The first-order valence-electron chi connectivity index (χ1n) is 6.77. The highest BCUT2D eigenvalue weighted by Gasteiger charge is 2.24. The average molecular weight is 319 g/mol. The van der Waals surface area contributed by atoms with Crippen LogP contribution in [0.15, 0.2) is 16.3 Å². The standard InChI is InChI=1S/C13H21NO4S2/c1-14(7-9-18-10-11-2-3-11)20(16,17)13-5-4-12(19-13)6-8-15/h4-5,11,15H,2-3,6-10H2,1H3.